The Morgan fingerprint density at radius 2 is 2.17 bits per heavy atom. The second-order valence-corrected chi connectivity index (χ2v) is 4.47. The van der Waals surface area contributed by atoms with Crippen molar-refractivity contribution in [1.29, 1.82) is 0 Å². The molecule has 4 nitrogen and oxygen atoms in total. The Hall–Kier alpha value is -1.78. The van der Waals surface area contributed by atoms with Crippen molar-refractivity contribution >= 4 is 5.97 Å². The van der Waals surface area contributed by atoms with Crippen molar-refractivity contribution in [3.05, 3.63) is 23.3 Å². The highest BCUT2D eigenvalue weighted by atomic mass is 19.1. The molecule has 18 heavy (non-hydrogen) atoms. The quantitative estimate of drug-likeness (QED) is 0.897. The van der Waals surface area contributed by atoms with Gasteiger partial charge in [-0.3, -0.25) is 4.79 Å². The minimum Gasteiger partial charge on any atom is -0.481 e. The van der Waals surface area contributed by atoms with Crippen LogP contribution in [0.2, 0.25) is 0 Å². The molecule has 0 fully saturated rings. The van der Waals surface area contributed by atoms with E-state index in [1.165, 1.54) is 6.92 Å². The van der Waals surface area contributed by atoms with Crippen LogP contribution >= 0.6 is 0 Å². The van der Waals surface area contributed by atoms with Gasteiger partial charge in [-0.1, -0.05) is 6.92 Å². The zero-order chi connectivity index (χ0) is 13.3. The molecular formula is C13H15FO4. The Kier molecular flexibility index (Phi) is 3.41. The average Bonchev–Trinajstić information content (AvgIpc) is 2.76. The van der Waals surface area contributed by atoms with E-state index in [1.54, 1.807) is 19.1 Å². The lowest BCUT2D eigenvalue weighted by molar-refractivity contribution is -0.141. The molecule has 0 radical (unpaired) electrons. The number of aliphatic carboxylic acids is 1. The summed E-state index contributed by atoms with van der Waals surface area (Å²) in [7, 11) is 0. The van der Waals surface area contributed by atoms with E-state index in [0.717, 1.165) is 0 Å². The summed E-state index contributed by atoms with van der Waals surface area (Å²) in [6.45, 7) is 3.13. The summed E-state index contributed by atoms with van der Waals surface area (Å²) in [4.78, 5) is 10.9. The summed E-state index contributed by atoms with van der Waals surface area (Å²) in [5, 5.41) is 8.92. The number of rotatable bonds is 4. The Bertz CT molecular complexity index is 470. The molecule has 98 valence electrons. The first kappa shape index (κ1) is 12.7. The Morgan fingerprint density at radius 3 is 2.78 bits per heavy atom. The van der Waals surface area contributed by atoms with E-state index in [2.05, 4.69) is 0 Å². The van der Waals surface area contributed by atoms with Gasteiger partial charge in [0.1, 0.15) is 6.17 Å². The molecule has 1 aliphatic rings. The molecule has 5 heteroatoms. The molecule has 0 amide bonds. The van der Waals surface area contributed by atoms with Gasteiger partial charge in [-0.2, -0.15) is 0 Å². The second kappa shape index (κ2) is 4.84. The topological polar surface area (TPSA) is 55.8 Å². The summed E-state index contributed by atoms with van der Waals surface area (Å²) < 4.78 is 23.9. The highest BCUT2D eigenvalue weighted by molar-refractivity contribution is 5.70. The first-order chi connectivity index (χ1) is 8.49. The van der Waals surface area contributed by atoms with Crippen molar-refractivity contribution in [3.8, 4) is 11.5 Å². The lowest BCUT2D eigenvalue weighted by atomic mass is 9.97. The molecule has 0 spiro atoms. The second-order valence-electron chi connectivity index (χ2n) is 4.47. The average molecular weight is 254 g/mol. The van der Waals surface area contributed by atoms with E-state index in [9.17, 15) is 9.18 Å². The van der Waals surface area contributed by atoms with E-state index in [1.807, 2.05) is 0 Å². The van der Waals surface area contributed by atoms with Gasteiger partial charge < -0.3 is 14.6 Å². The minimum atomic E-state index is -1.13. The molecule has 1 aromatic rings. The first-order valence-corrected chi connectivity index (χ1v) is 5.78. The summed E-state index contributed by atoms with van der Waals surface area (Å²) in [5.41, 5.74) is 1.16. The number of hydrogen-bond donors (Lipinski definition) is 1. The van der Waals surface area contributed by atoms with Crippen molar-refractivity contribution in [3.63, 3.8) is 0 Å². The number of alkyl halides is 1. The van der Waals surface area contributed by atoms with Gasteiger partial charge >= 0.3 is 5.97 Å². The highest BCUT2D eigenvalue weighted by Gasteiger charge is 2.23. The molecule has 0 aromatic heterocycles. The van der Waals surface area contributed by atoms with Crippen LogP contribution in [0.25, 0.3) is 0 Å². The molecule has 0 saturated heterocycles. The van der Waals surface area contributed by atoms with Gasteiger partial charge in [0.05, 0.1) is 5.92 Å². The summed E-state index contributed by atoms with van der Waals surface area (Å²) in [5.74, 6) is -0.415. The van der Waals surface area contributed by atoms with E-state index in [0.29, 0.717) is 29.0 Å². The molecule has 2 atom stereocenters. The van der Waals surface area contributed by atoms with Crippen LogP contribution in [0.15, 0.2) is 12.1 Å². The van der Waals surface area contributed by atoms with Crippen LogP contribution in [-0.4, -0.2) is 17.9 Å². The predicted molar refractivity (Wildman–Crippen MR) is 62.6 cm³/mol. The smallest absolute Gasteiger partial charge is 0.306 e. The largest absolute Gasteiger partial charge is 0.481 e. The van der Waals surface area contributed by atoms with Crippen LogP contribution in [0.4, 0.5) is 4.39 Å². The maximum Gasteiger partial charge on any atom is 0.306 e. The monoisotopic (exact) mass is 254 g/mol. The maximum absolute atomic E-state index is 13.4. The number of benzene rings is 1. The molecule has 1 heterocycles. The molecular weight excluding hydrogens is 239 g/mol. The van der Waals surface area contributed by atoms with Crippen molar-refractivity contribution in [1.82, 2.24) is 0 Å². The predicted octanol–water partition coefficient (Wildman–Crippen LogP) is 2.71. The van der Waals surface area contributed by atoms with Crippen LogP contribution in [0, 0.1) is 5.92 Å². The van der Waals surface area contributed by atoms with Crippen molar-refractivity contribution in [2.75, 3.05) is 6.79 Å². The standard InChI is InChI=1S/C13H15FO4/c1-7(13(15)16)3-10-4-9(8(2)14)5-11-12(10)18-6-17-11/h4-5,7-8H,3,6H2,1-2H3,(H,15,16). The normalized spacial score (nSPS) is 16.4. The van der Waals surface area contributed by atoms with Gasteiger partial charge in [-0.05, 0) is 36.6 Å². The number of ether oxygens (including phenoxy) is 2. The van der Waals surface area contributed by atoms with E-state index in [-0.39, 0.29) is 6.79 Å². The van der Waals surface area contributed by atoms with Gasteiger partial charge in [0.2, 0.25) is 6.79 Å². The Morgan fingerprint density at radius 1 is 1.44 bits per heavy atom. The number of carbonyl (C=O) groups is 1. The summed E-state index contributed by atoms with van der Waals surface area (Å²) in [6, 6.07) is 3.25. The fourth-order valence-corrected chi connectivity index (χ4v) is 1.90. The molecule has 2 rings (SSSR count). The van der Waals surface area contributed by atoms with Gasteiger partial charge in [-0.25, -0.2) is 4.39 Å². The fraction of sp³-hybridized carbons (Fsp3) is 0.462. The molecule has 1 N–H and O–H groups in total. The van der Waals surface area contributed by atoms with Crippen LogP contribution in [0.3, 0.4) is 0 Å². The van der Waals surface area contributed by atoms with E-state index in [4.69, 9.17) is 14.6 Å². The molecule has 1 aromatic carbocycles. The van der Waals surface area contributed by atoms with E-state index < -0.39 is 18.1 Å². The van der Waals surface area contributed by atoms with Gasteiger partial charge in [0.15, 0.2) is 11.5 Å². The lowest BCUT2D eigenvalue weighted by Crippen LogP contribution is -2.12. The lowest BCUT2D eigenvalue weighted by Gasteiger charge is -2.12. The van der Waals surface area contributed by atoms with Crippen LogP contribution in [0.1, 0.15) is 31.1 Å². The summed E-state index contributed by atoms with van der Waals surface area (Å²) >= 11 is 0. The number of carboxylic acid groups (broad SMARTS) is 1. The zero-order valence-corrected chi connectivity index (χ0v) is 10.3. The van der Waals surface area contributed by atoms with Crippen molar-refractivity contribution < 1.29 is 23.8 Å². The number of fused-ring (bicyclic) bond motifs is 1. The Labute approximate surface area is 104 Å². The van der Waals surface area contributed by atoms with Gasteiger partial charge in [0.25, 0.3) is 0 Å². The number of halogens is 1. The summed E-state index contributed by atoms with van der Waals surface area (Å²) in [6.07, 6.45) is -0.833. The van der Waals surface area contributed by atoms with Crippen LogP contribution in [0.5, 0.6) is 11.5 Å². The van der Waals surface area contributed by atoms with Crippen molar-refractivity contribution in [2.45, 2.75) is 26.4 Å². The van der Waals surface area contributed by atoms with Gasteiger partial charge in [0, 0.05) is 0 Å². The van der Waals surface area contributed by atoms with Crippen molar-refractivity contribution in [2.24, 2.45) is 5.92 Å². The molecule has 1 aliphatic heterocycles. The van der Waals surface area contributed by atoms with E-state index >= 15 is 0 Å². The third-order valence-electron chi connectivity index (χ3n) is 2.98. The number of carboxylic acids is 1. The minimum absolute atomic E-state index is 0.0912. The Balaban J connectivity index is 2.36. The van der Waals surface area contributed by atoms with Crippen LogP contribution < -0.4 is 9.47 Å². The molecule has 0 aliphatic carbocycles. The third-order valence-corrected chi connectivity index (χ3v) is 2.98. The molecule has 0 saturated carbocycles. The van der Waals surface area contributed by atoms with Gasteiger partial charge in [-0.15, -0.1) is 0 Å². The fourth-order valence-electron chi connectivity index (χ4n) is 1.90. The SMILES string of the molecule is CC(Cc1cc(C(C)F)cc2c1OCO2)C(=O)O. The van der Waals surface area contributed by atoms with Crippen LogP contribution in [-0.2, 0) is 11.2 Å². The number of hydrogen-bond acceptors (Lipinski definition) is 3. The molecule has 0 bridgehead atoms. The highest BCUT2D eigenvalue weighted by Crippen LogP contribution is 2.39. The first-order valence-electron chi connectivity index (χ1n) is 5.78. The third kappa shape index (κ3) is 2.39. The maximum atomic E-state index is 13.4. The zero-order valence-electron chi connectivity index (χ0n) is 10.3. The molecule has 2 unspecified atom stereocenters.